The van der Waals surface area contributed by atoms with Gasteiger partial charge in [-0.2, -0.15) is 4.99 Å². The third-order valence-electron chi connectivity index (χ3n) is 2.00. The summed E-state index contributed by atoms with van der Waals surface area (Å²) in [6.07, 6.45) is 0. The summed E-state index contributed by atoms with van der Waals surface area (Å²) in [5, 5.41) is 5.42. The number of aliphatic imine (C=N–C) groups is 1. The average Bonchev–Trinajstić information content (AvgIpc) is 2.28. The summed E-state index contributed by atoms with van der Waals surface area (Å²) in [7, 11) is 1.91. The van der Waals surface area contributed by atoms with Crippen LogP contribution in [0.1, 0.15) is 6.92 Å². The predicted molar refractivity (Wildman–Crippen MR) is 65.1 cm³/mol. The van der Waals surface area contributed by atoms with E-state index in [1.807, 2.05) is 31.3 Å². The van der Waals surface area contributed by atoms with Crippen molar-refractivity contribution in [1.29, 1.82) is 0 Å². The molecule has 0 saturated carbocycles. The van der Waals surface area contributed by atoms with Crippen LogP contribution in [-0.2, 0) is 0 Å². The number of benzene rings is 1. The molecule has 1 aromatic carbocycles. The first kappa shape index (κ1) is 11.9. The first-order valence-electron chi connectivity index (χ1n) is 4.74. The number of isothiocyanates is 1. The molecule has 4 heteroatoms. The Hall–Kier alpha value is -1.22. The van der Waals surface area contributed by atoms with Gasteiger partial charge in [-0.3, -0.25) is 0 Å². The molecule has 1 aromatic rings. The van der Waals surface area contributed by atoms with Crippen LogP contribution in [0.15, 0.2) is 29.3 Å². The molecule has 0 aliphatic rings. The quantitative estimate of drug-likeness (QED) is 0.613. The molecule has 0 radical (unpaired) electrons. The first-order valence-corrected chi connectivity index (χ1v) is 5.15. The minimum absolute atomic E-state index is 0.337. The number of hydrogen-bond acceptors (Lipinski definition) is 4. The van der Waals surface area contributed by atoms with Gasteiger partial charge in [0.1, 0.15) is 12.4 Å². The van der Waals surface area contributed by atoms with Crippen LogP contribution < -0.4 is 10.1 Å². The SMILES string of the molecule is CNC(C)COc1ccc(N=C=S)cc1. The molecule has 0 aromatic heterocycles. The summed E-state index contributed by atoms with van der Waals surface area (Å²) in [5.41, 5.74) is 0.791. The minimum atomic E-state index is 0.337. The molecule has 1 atom stereocenters. The summed E-state index contributed by atoms with van der Waals surface area (Å²) in [4.78, 5) is 3.86. The summed E-state index contributed by atoms with van der Waals surface area (Å²) in [6, 6.07) is 7.77. The zero-order chi connectivity index (χ0) is 11.1. The van der Waals surface area contributed by atoms with Crippen molar-refractivity contribution in [3.8, 4) is 5.75 Å². The van der Waals surface area contributed by atoms with Gasteiger partial charge in [-0.15, -0.1) is 0 Å². The molecule has 0 saturated heterocycles. The fraction of sp³-hybridized carbons (Fsp3) is 0.364. The highest BCUT2D eigenvalue weighted by Gasteiger charge is 1.99. The third kappa shape index (κ3) is 4.21. The van der Waals surface area contributed by atoms with Crippen molar-refractivity contribution in [2.45, 2.75) is 13.0 Å². The number of nitrogens with one attached hydrogen (secondary N) is 1. The minimum Gasteiger partial charge on any atom is -0.492 e. The second-order valence-corrected chi connectivity index (χ2v) is 3.38. The highest BCUT2D eigenvalue weighted by Crippen LogP contribution is 2.17. The number of nitrogens with zero attached hydrogens (tertiary/aromatic N) is 1. The van der Waals surface area contributed by atoms with E-state index in [-0.39, 0.29) is 0 Å². The number of ether oxygens (including phenoxy) is 1. The lowest BCUT2D eigenvalue weighted by atomic mass is 10.3. The van der Waals surface area contributed by atoms with Crippen molar-refractivity contribution in [3.63, 3.8) is 0 Å². The molecule has 0 heterocycles. The zero-order valence-corrected chi connectivity index (χ0v) is 9.67. The normalized spacial score (nSPS) is 11.6. The lowest BCUT2D eigenvalue weighted by Crippen LogP contribution is -2.28. The standard InChI is InChI=1S/C11H14N2OS/c1-9(12-2)7-14-11-5-3-10(4-6-11)13-8-15/h3-6,9,12H,7H2,1-2H3. The Labute approximate surface area is 95.2 Å². The van der Waals surface area contributed by atoms with Gasteiger partial charge in [0.2, 0.25) is 0 Å². The first-order chi connectivity index (χ1) is 7.26. The molecule has 0 aliphatic heterocycles. The van der Waals surface area contributed by atoms with Crippen LogP contribution in [0.4, 0.5) is 5.69 Å². The summed E-state index contributed by atoms with van der Waals surface area (Å²) < 4.78 is 5.54. The third-order valence-corrected chi connectivity index (χ3v) is 2.10. The Balaban J connectivity index is 2.53. The molecule has 0 aliphatic carbocycles. The van der Waals surface area contributed by atoms with Gasteiger partial charge in [0, 0.05) is 6.04 Å². The number of thiocarbonyl (C=S) groups is 1. The van der Waals surface area contributed by atoms with Crippen LogP contribution in [0, 0.1) is 0 Å². The van der Waals surface area contributed by atoms with E-state index in [9.17, 15) is 0 Å². The molecule has 1 unspecified atom stereocenters. The number of rotatable bonds is 5. The molecular formula is C11H14N2OS. The Bertz CT molecular complexity index is 344. The van der Waals surface area contributed by atoms with Gasteiger partial charge in [-0.25, -0.2) is 0 Å². The van der Waals surface area contributed by atoms with E-state index in [0.717, 1.165) is 11.4 Å². The van der Waals surface area contributed by atoms with Gasteiger partial charge in [0.05, 0.1) is 10.8 Å². The molecule has 0 bridgehead atoms. The monoisotopic (exact) mass is 222 g/mol. The molecule has 1 rings (SSSR count). The van der Waals surface area contributed by atoms with E-state index in [0.29, 0.717) is 12.6 Å². The highest BCUT2D eigenvalue weighted by atomic mass is 32.1. The smallest absolute Gasteiger partial charge is 0.119 e. The molecule has 1 N–H and O–H groups in total. The van der Waals surface area contributed by atoms with Crippen molar-refractivity contribution < 1.29 is 4.74 Å². The Morgan fingerprint density at radius 1 is 1.47 bits per heavy atom. The fourth-order valence-corrected chi connectivity index (χ4v) is 1.08. The molecular weight excluding hydrogens is 208 g/mol. The predicted octanol–water partition coefficient (Wildman–Crippen LogP) is 2.41. The van der Waals surface area contributed by atoms with Crippen LogP contribution in [-0.4, -0.2) is 24.9 Å². The molecule has 15 heavy (non-hydrogen) atoms. The zero-order valence-electron chi connectivity index (χ0n) is 8.86. The van der Waals surface area contributed by atoms with Crippen LogP contribution >= 0.6 is 12.2 Å². The van der Waals surface area contributed by atoms with E-state index in [1.54, 1.807) is 0 Å². The summed E-state index contributed by atoms with van der Waals surface area (Å²) >= 11 is 4.51. The molecule has 0 fully saturated rings. The van der Waals surface area contributed by atoms with Crippen LogP contribution in [0.2, 0.25) is 0 Å². The maximum atomic E-state index is 5.54. The van der Waals surface area contributed by atoms with Crippen molar-refractivity contribution in [1.82, 2.24) is 5.32 Å². The largest absolute Gasteiger partial charge is 0.492 e. The van der Waals surface area contributed by atoms with Crippen LogP contribution in [0.25, 0.3) is 0 Å². The van der Waals surface area contributed by atoms with Crippen LogP contribution in [0.3, 0.4) is 0 Å². The Kier molecular flexibility index (Phi) is 4.98. The molecule has 3 nitrogen and oxygen atoms in total. The topological polar surface area (TPSA) is 33.6 Å². The van der Waals surface area contributed by atoms with Gasteiger partial charge in [0.15, 0.2) is 0 Å². The van der Waals surface area contributed by atoms with Crippen LogP contribution in [0.5, 0.6) is 5.75 Å². The maximum absolute atomic E-state index is 5.54. The van der Waals surface area contributed by atoms with E-state index in [2.05, 4.69) is 34.6 Å². The summed E-state index contributed by atoms with van der Waals surface area (Å²) in [5.74, 6) is 0.834. The van der Waals surface area contributed by atoms with Gasteiger partial charge in [-0.05, 0) is 50.5 Å². The van der Waals surface area contributed by atoms with Crippen molar-refractivity contribution in [2.24, 2.45) is 4.99 Å². The van der Waals surface area contributed by atoms with E-state index in [1.165, 1.54) is 0 Å². The summed E-state index contributed by atoms with van der Waals surface area (Å²) in [6.45, 7) is 2.71. The van der Waals surface area contributed by atoms with Crippen molar-refractivity contribution in [3.05, 3.63) is 24.3 Å². The second kappa shape index (κ2) is 6.30. The second-order valence-electron chi connectivity index (χ2n) is 3.20. The number of likely N-dealkylation sites (N-methyl/N-ethyl adjacent to an activating group) is 1. The average molecular weight is 222 g/mol. The molecule has 80 valence electrons. The number of hydrogen-bond donors (Lipinski definition) is 1. The lowest BCUT2D eigenvalue weighted by Gasteiger charge is -2.11. The fourth-order valence-electron chi connectivity index (χ4n) is 0.974. The van der Waals surface area contributed by atoms with E-state index >= 15 is 0 Å². The lowest BCUT2D eigenvalue weighted by molar-refractivity contribution is 0.280. The van der Waals surface area contributed by atoms with Gasteiger partial charge < -0.3 is 10.1 Å². The van der Waals surface area contributed by atoms with E-state index in [4.69, 9.17) is 4.74 Å². The Morgan fingerprint density at radius 3 is 2.67 bits per heavy atom. The Morgan fingerprint density at radius 2 is 2.13 bits per heavy atom. The molecule has 0 amide bonds. The molecule has 0 spiro atoms. The highest BCUT2D eigenvalue weighted by molar-refractivity contribution is 7.78. The van der Waals surface area contributed by atoms with Gasteiger partial charge in [0.25, 0.3) is 0 Å². The van der Waals surface area contributed by atoms with E-state index < -0.39 is 0 Å². The van der Waals surface area contributed by atoms with Crippen molar-refractivity contribution in [2.75, 3.05) is 13.7 Å². The van der Waals surface area contributed by atoms with Gasteiger partial charge in [-0.1, -0.05) is 0 Å². The maximum Gasteiger partial charge on any atom is 0.119 e. The van der Waals surface area contributed by atoms with Crippen molar-refractivity contribution >= 4 is 23.1 Å². The van der Waals surface area contributed by atoms with Gasteiger partial charge >= 0.3 is 0 Å².